The van der Waals surface area contributed by atoms with E-state index in [1.165, 1.54) is 35.0 Å². The molecule has 7 nitrogen and oxygen atoms in total. The summed E-state index contributed by atoms with van der Waals surface area (Å²) in [4.78, 5) is 24.8. The van der Waals surface area contributed by atoms with Gasteiger partial charge in [0.15, 0.2) is 6.61 Å². The normalized spacial score (nSPS) is 21.1. The number of sulfonamides is 1. The minimum Gasteiger partial charge on any atom is -0.452 e. The lowest BCUT2D eigenvalue weighted by Gasteiger charge is -2.29. The van der Waals surface area contributed by atoms with E-state index in [4.69, 9.17) is 4.74 Å². The summed E-state index contributed by atoms with van der Waals surface area (Å²) >= 11 is 0. The lowest BCUT2D eigenvalue weighted by Crippen LogP contribution is -2.42. The van der Waals surface area contributed by atoms with Gasteiger partial charge in [-0.25, -0.2) is 13.2 Å². The summed E-state index contributed by atoms with van der Waals surface area (Å²) in [5, 5.41) is 2.94. The fraction of sp³-hybridized carbons (Fsp3) is 0.440. The van der Waals surface area contributed by atoms with E-state index in [1.807, 2.05) is 24.3 Å². The molecule has 33 heavy (non-hydrogen) atoms. The van der Waals surface area contributed by atoms with E-state index < -0.39 is 16.0 Å². The Labute approximate surface area is 195 Å². The molecule has 0 spiro atoms. The highest BCUT2D eigenvalue weighted by Crippen LogP contribution is 2.26. The van der Waals surface area contributed by atoms with Crippen LogP contribution >= 0.6 is 0 Å². The molecule has 1 aliphatic heterocycles. The topological polar surface area (TPSA) is 92.8 Å². The van der Waals surface area contributed by atoms with Crippen LogP contribution in [0.5, 0.6) is 0 Å². The van der Waals surface area contributed by atoms with E-state index >= 15 is 0 Å². The second-order valence-corrected chi connectivity index (χ2v) is 10.8. The maximum Gasteiger partial charge on any atom is 0.338 e. The van der Waals surface area contributed by atoms with Crippen LogP contribution in [0.3, 0.4) is 0 Å². The Morgan fingerprint density at radius 3 is 2.61 bits per heavy atom. The van der Waals surface area contributed by atoms with Crippen LogP contribution in [0.4, 0.5) is 0 Å². The zero-order valence-electron chi connectivity index (χ0n) is 18.8. The van der Waals surface area contributed by atoms with Gasteiger partial charge in [-0.05, 0) is 54.5 Å². The molecule has 2 aromatic carbocycles. The Hall–Kier alpha value is -2.71. The summed E-state index contributed by atoms with van der Waals surface area (Å²) in [7, 11) is -3.77. The standard InChI is InChI=1S/C25H30N2O5S/c1-18-7-2-5-12-23(18)26-24(28)17-32-25(29)20-10-6-11-22(15-20)33(30,31)27-14-13-19-8-3-4-9-21(19)16-27/h3-4,6,8-11,15,18,23H,2,5,7,12-14,16-17H2,1H3,(H,26,28). The maximum absolute atomic E-state index is 13.2. The van der Waals surface area contributed by atoms with Gasteiger partial charge in [-0.15, -0.1) is 0 Å². The number of nitrogens with one attached hydrogen (secondary N) is 1. The Morgan fingerprint density at radius 1 is 1.06 bits per heavy atom. The van der Waals surface area contributed by atoms with Crippen LogP contribution in [0.25, 0.3) is 0 Å². The van der Waals surface area contributed by atoms with Gasteiger partial charge in [-0.1, -0.05) is 50.1 Å². The third-order valence-electron chi connectivity index (χ3n) is 6.60. The number of hydrogen-bond donors (Lipinski definition) is 1. The van der Waals surface area contributed by atoms with Crippen molar-refractivity contribution in [2.45, 2.75) is 56.5 Å². The van der Waals surface area contributed by atoms with Crippen molar-refractivity contribution in [3.05, 3.63) is 65.2 Å². The molecule has 2 unspecified atom stereocenters. The minimum absolute atomic E-state index is 0.0387. The number of benzene rings is 2. The average Bonchev–Trinajstić information content (AvgIpc) is 2.83. The molecular formula is C25H30N2O5S. The zero-order chi connectivity index (χ0) is 23.4. The number of fused-ring (bicyclic) bond motifs is 1. The van der Waals surface area contributed by atoms with Crippen molar-refractivity contribution in [3.63, 3.8) is 0 Å². The van der Waals surface area contributed by atoms with Gasteiger partial charge in [-0.2, -0.15) is 4.31 Å². The van der Waals surface area contributed by atoms with Gasteiger partial charge in [0.2, 0.25) is 10.0 Å². The quantitative estimate of drug-likeness (QED) is 0.654. The van der Waals surface area contributed by atoms with E-state index in [0.717, 1.165) is 30.4 Å². The highest BCUT2D eigenvalue weighted by atomic mass is 32.2. The van der Waals surface area contributed by atoms with Crippen molar-refractivity contribution >= 4 is 21.9 Å². The first-order valence-electron chi connectivity index (χ1n) is 11.5. The van der Waals surface area contributed by atoms with Gasteiger partial charge >= 0.3 is 5.97 Å². The lowest BCUT2D eigenvalue weighted by molar-refractivity contribution is -0.125. The number of rotatable bonds is 6. The second-order valence-electron chi connectivity index (χ2n) is 8.90. The highest BCUT2D eigenvalue weighted by Gasteiger charge is 2.29. The molecule has 1 heterocycles. The fourth-order valence-corrected chi connectivity index (χ4v) is 6.07. The number of nitrogens with zero attached hydrogens (tertiary/aromatic N) is 1. The predicted octanol–water partition coefficient (Wildman–Crippen LogP) is 3.29. The maximum atomic E-state index is 13.2. The molecule has 1 amide bonds. The van der Waals surface area contributed by atoms with Crippen molar-refractivity contribution in [3.8, 4) is 0 Å². The second kappa shape index (κ2) is 10.1. The van der Waals surface area contributed by atoms with Gasteiger partial charge in [0.05, 0.1) is 10.5 Å². The van der Waals surface area contributed by atoms with Crippen LogP contribution < -0.4 is 5.32 Å². The molecule has 176 valence electrons. The molecule has 2 aliphatic rings. The summed E-state index contributed by atoms with van der Waals surface area (Å²) in [5.41, 5.74) is 2.25. The number of carbonyl (C=O) groups is 2. The molecule has 1 fully saturated rings. The van der Waals surface area contributed by atoms with Crippen molar-refractivity contribution < 1.29 is 22.7 Å². The Morgan fingerprint density at radius 2 is 1.82 bits per heavy atom. The first kappa shape index (κ1) is 23.4. The highest BCUT2D eigenvalue weighted by molar-refractivity contribution is 7.89. The van der Waals surface area contributed by atoms with Crippen LogP contribution in [0.1, 0.15) is 54.1 Å². The van der Waals surface area contributed by atoms with Crippen molar-refractivity contribution in [1.29, 1.82) is 0 Å². The van der Waals surface area contributed by atoms with Gasteiger partial charge in [0.25, 0.3) is 5.91 Å². The Bertz CT molecular complexity index is 1130. The van der Waals surface area contributed by atoms with Crippen molar-refractivity contribution in [2.24, 2.45) is 5.92 Å². The molecule has 4 rings (SSSR count). The van der Waals surface area contributed by atoms with Gasteiger partial charge < -0.3 is 10.1 Å². The number of amides is 1. The van der Waals surface area contributed by atoms with E-state index in [2.05, 4.69) is 12.2 Å². The molecule has 0 saturated heterocycles. The Kier molecular flexibility index (Phi) is 7.14. The number of ether oxygens (including phenoxy) is 1. The zero-order valence-corrected chi connectivity index (χ0v) is 19.6. The molecule has 0 bridgehead atoms. The molecule has 1 aliphatic carbocycles. The molecule has 0 aromatic heterocycles. The molecule has 1 saturated carbocycles. The first-order valence-corrected chi connectivity index (χ1v) is 12.9. The third kappa shape index (κ3) is 5.45. The molecule has 2 atom stereocenters. The lowest BCUT2D eigenvalue weighted by atomic mass is 9.86. The van der Waals surface area contributed by atoms with Crippen LogP contribution in [-0.4, -0.2) is 43.8 Å². The average molecular weight is 471 g/mol. The number of esters is 1. The minimum atomic E-state index is -3.77. The van der Waals surface area contributed by atoms with E-state index in [-0.39, 0.29) is 29.0 Å². The summed E-state index contributed by atoms with van der Waals surface area (Å²) in [6, 6.07) is 13.7. The molecule has 2 aromatic rings. The van der Waals surface area contributed by atoms with Gasteiger partial charge in [0.1, 0.15) is 0 Å². The predicted molar refractivity (Wildman–Crippen MR) is 124 cm³/mol. The largest absolute Gasteiger partial charge is 0.452 e. The van der Waals surface area contributed by atoms with Gasteiger partial charge in [-0.3, -0.25) is 4.79 Å². The van der Waals surface area contributed by atoms with Gasteiger partial charge in [0, 0.05) is 19.1 Å². The summed E-state index contributed by atoms with van der Waals surface area (Å²) in [6.07, 6.45) is 4.91. The molecule has 1 N–H and O–H groups in total. The van der Waals surface area contributed by atoms with Crippen LogP contribution in [0, 0.1) is 5.92 Å². The van der Waals surface area contributed by atoms with E-state index in [1.54, 1.807) is 0 Å². The fourth-order valence-electron chi connectivity index (χ4n) is 4.60. The molecule has 8 heteroatoms. The van der Waals surface area contributed by atoms with Crippen LogP contribution in [0.2, 0.25) is 0 Å². The van der Waals surface area contributed by atoms with Crippen LogP contribution in [-0.2, 0) is 32.5 Å². The summed E-state index contributed by atoms with van der Waals surface area (Å²) < 4.78 is 33.0. The van der Waals surface area contributed by atoms with E-state index in [9.17, 15) is 18.0 Å². The number of carbonyl (C=O) groups excluding carboxylic acids is 2. The van der Waals surface area contributed by atoms with E-state index in [0.29, 0.717) is 25.4 Å². The van der Waals surface area contributed by atoms with Crippen molar-refractivity contribution in [2.75, 3.05) is 13.2 Å². The van der Waals surface area contributed by atoms with Crippen molar-refractivity contribution in [1.82, 2.24) is 9.62 Å². The smallest absolute Gasteiger partial charge is 0.338 e. The molecule has 0 radical (unpaired) electrons. The summed E-state index contributed by atoms with van der Waals surface area (Å²) in [5.74, 6) is -0.650. The SMILES string of the molecule is CC1CCCCC1NC(=O)COC(=O)c1cccc(S(=O)(=O)N2CCc3ccccc3C2)c1. The number of hydrogen-bond acceptors (Lipinski definition) is 5. The summed E-state index contributed by atoms with van der Waals surface area (Å²) in [6.45, 7) is 2.41. The first-order chi connectivity index (χ1) is 15.8. The van der Waals surface area contributed by atoms with Crippen LogP contribution in [0.15, 0.2) is 53.4 Å². The third-order valence-corrected chi connectivity index (χ3v) is 8.44. The monoisotopic (exact) mass is 470 g/mol. The Balaban J connectivity index is 1.39. The molecular weight excluding hydrogens is 440 g/mol.